The van der Waals surface area contributed by atoms with E-state index in [2.05, 4.69) is 0 Å². The molecule has 1 aliphatic rings. The molecule has 0 heterocycles. The number of rotatable bonds is 4. The first-order chi connectivity index (χ1) is 8.21. The van der Waals surface area contributed by atoms with Gasteiger partial charge in [-0.05, 0) is 19.8 Å². The minimum Gasteiger partial charge on any atom is -0.395 e. The Balaban J connectivity index is 2.88. The number of hydrogen-bond acceptors (Lipinski definition) is 3. The van der Waals surface area contributed by atoms with Crippen molar-refractivity contribution in [3.63, 3.8) is 0 Å². The largest absolute Gasteiger partial charge is 0.415 e. The Bertz CT molecular complexity index is 299. The second kappa shape index (κ2) is 5.44. The summed E-state index contributed by atoms with van der Waals surface area (Å²) < 4.78 is 38.2. The van der Waals surface area contributed by atoms with E-state index in [0.717, 1.165) is 17.7 Å². The Hall–Kier alpha value is -0.820. The van der Waals surface area contributed by atoms with Crippen LogP contribution in [0.2, 0.25) is 0 Å². The molecule has 1 unspecified atom stereocenters. The van der Waals surface area contributed by atoms with Gasteiger partial charge in [0.15, 0.2) is 5.54 Å². The summed E-state index contributed by atoms with van der Waals surface area (Å²) in [6, 6.07) is -0.241. The Morgan fingerprint density at radius 2 is 1.89 bits per heavy atom. The smallest absolute Gasteiger partial charge is 0.395 e. The van der Waals surface area contributed by atoms with Crippen molar-refractivity contribution in [3.8, 4) is 0 Å². The van der Waals surface area contributed by atoms with Gasteiger partial charge in [-0.15, -0.1) is 0 Å². The quantitative estimate of drug-likeness (QED) is 0.800. The van der Waals surface area contributed by atoms with Crippen molar-refractivity contribution in [2.45, 2.75) is 50.4 Å². The first kappa shape index (κ1) is 15.2. The van der Waals surface area contributed by atoms with E-state index < -0.39 is 17.6 Å². The predicted molar refractivity (Wildman–Crippen MR) is 59.7 cm³/mol. The van der Waals surface area contributed by atoms with Crippen LogP contribution >= 0.6 is 0 Å². The summed E-state index contributed by atoms with van der Waals surface area (Å²) in [4.78, 5) is 13.0. The Morgan fingerprint density at radius 3 is 2.28 bits per heavy atom. The number of aliphatic hydroxyl groups excluding tert-OH is 1. The third-order valence-corrected chi connectivity index (χ3v) is 3.40. The zero-order chi connectivity index (χ0) is 14.0. The van der Waals surface area contributed by atoms with Gasteiger partial charge in [0.05, 0.1) is 6.61 Å². The van der Waals surface area contributed by atoms with Crippen LogP contribution in [0, 0.1) is 0 Å². The number of nitrogens with zero attached hydrogens (tertiary/aromatic N) is 1. The van der Waals surface area contributed by atoms with E-state index in [4.69, 9.17) is 10.8 Å². The van der Waals surface area contributed by atoms with Crippen LogP contribution in [0.15, 0.2) is 0 Å². The molecule has 18 heavy (non-hydrogen) atoms. The number of carbonyl (C=O) groups is 1. The zero-order valence-electron chi connectivity index (χ0n) is 10.3. The molecule has 0 bridgehead atoms. The number of amides is 1. The van der Waals surface area contributed by atoms with Gasteiger partial charge < -0.3 is 15.7 Å². The van der Waals surface area contributed by atoms with E-state index >= 15 is 0 Å². The summed E-state index contributed by atoms with van der Waals surface area (Å²) >= 11 is 0. The second-order valence-electron chi connectivity index (χ2n) is 4.86. The normalized spacial score (nSPS) is 20.8. The molecule has 106 valence electrons. The fourth-order valence-electron chi connectivity index (χ4n) is 2.19. The molecule has 0 aromatic carbocycles. The van der Waals surface area contributed by atoms with Crippen LogP contribution < -0.4 is 5.73 Å². The molecule has 0 spiro atoms. The number of halogens is 3. The highest BCUT2D eigenvalue weighted by molar-refractivity contribution is 5.87. The van der Waals surface area contributed by atoms with Crippen LogP contribution in [0.3, 0.4) is 0 Å². The average Bonchev–Trinajstić information content (AvgIpc) is 2.76. The SMILES string of the molecule is CC(N)(C(=O)N(CCO)C1CCCC1)C(F)(F)F. The lowest BCUT2D eigenvalue weighted by Gasteiger charge is -2.36. The van der Waals surface area contributed by atoms with E-state index in [1.807, 2.05) is 0 Å². The maximum absolute atomic E-state index is 12.7. The molecule has 7 heteroatoms. The number of alkyl halides is 3. The average molecular weight is 268 g/mol. The highest BCUT2D eigenvalue weighted by atomic mass is 19.4. The van der Waals surface area contributed by atoms with Crippen molar-refractivity contribution >= 4 is 5.91 Å². The summed E-state index contributed by atoms with van der Waals surface area (Å²) in [5.74, 6) is -1.16. The lowest BCUT2D eigenvalue weighted by atomic mass is 9.99. The molecule has 1 atom stereocenters. The molecule has 0 radical (unpaired) electrons. The van der Waals surface area contributed by atoms with Crippen LogP contribution in [0.5, 0.6) is 0 Å². The monoisotopic (exact) mass is 268 g/mol. The highest BCUT2D eigenvalue weighted by Gasteiger charge is 2.56. The first-order valence-electron chi connectivity index (χ1n) is 5.99. The molecule has 0 aromatic heterocycles. The van der Waals surface area contributed by atoms with Crippen LogP contribution in [-0.4, -0.2) is 46.8 Å². The van der Waals surface area contributed by atoms with Crippen LogP contribution in [0.25, 0.3) is 0 Å². The van der Waals surface area contributed by atoms with Crippen molar-refractivity contribution in [2.75, 3.05) is 13.2 Å². The molecule has 1 amide bonds. The minimum absolute atomic E-state index is 0.105. The molecule has 0 aliphatic heterocycles. The highest BCUT2D eigenvalue weighted by Crippen LogP contribution is 2.32. The van der Waals surface area contributed by atoms with E-state index in [1.54, 1.807) is 0 Å². The Morgan fingerprint density at radius 1 is 1.39 bits per heavy atom. The summed E-state index contributed by atoms with van der Waals surface area (Å²) in [7, 11) is 0. The number of nitrogens with two attached hydrogens (primary N) is 1. The fraction of sp³-hybridized carbons (Fsp3) is 0.909. The number of aliphatic hydroxyl groups is 1. The lowest BCUT2D eigenvalue weighted by molar-refractivity contribution is -0.195. The molecule has 3 N–H and O–H groups in total. The molecule has 1 fully saturated rings. The zero-order valence-corrected chi connectivity index (χ0v) is 10.3. The van der Waals surface area contributed by atoms with Crippen molar-refractivity contribution in [1.82, 2.24) is 4.90 Å². The van der Waals surface area contributed by atoms with E-state index in [9.17, 15) is 18.0 Å². The summed E-state index contributed by atoms with van der Waals surface area (Å²) in [5, 5.41) is 8.90. The van der Waals surface area contributed by atoms with Gasteiger partial charge in [-0.3, -0.25) is 4.79 Å². The molecule has 0 aromatic rings. The van der Waals surface area contributed by atoms with Crippen LogP contribution in [-0.2, 0) is 4.79 Å². The van der Waals surface area contributed by atoms with E-state index in [-0.39, 0.29) is 19.2 Å². The lowest BCUT2D eigenvalue weighted by Crippen LogP contribution is -2.63. The molecule has 1 saturated carbocycles. The van der Waals surface area contributed by atoms with Gasteiger partial charge in [0, 0.05) is 12.6 Å². The summed E-state index contributed by atoms with van der Waals surface area (Å²) in [6.45, 7) is 0.206. The number of hydrogen-bond donors (Lipinski definition) is 2. The summed E-state index contributed by atoms with van der Waals surface area (Å²) in [6.07, 6.45) is -1.70. The van der Waals surface area contributed by atoms with Crippen LogP contribution in [0.1, 0.15) is 32.6 Å². The van der Waals surface area contributed by atoms with E-state index in [1.165, 1.54) is 0 Å². The molecular formula is C11H19F3N2O2. The minimum atomic E-state index is -4.80. The molecule has 4 nitrogen and oxygen atoms in total. The Kier molecular flexibility index (Phi) is 4.61. The van der Waals surface area contributed by atoms with Crippen molar-refractivity contribution < 1.29 is 23.1 Å². The van der Waals surface area contributed by atoms with Crippen molar-refractivity contribution in [1.29, 1.82) is 0 Å². The first-order valence-corrected chi connectivity index (χ1v) is 5.99. The van der Waals surface area contributed by atoms with Gasteiger partial charge in [-0.1, -0.05) is 12.8 Å². The third kappa shape index (κ3) is 2.95. The van der Waals surface area contributed by atoms with Gasteiger partial charge >= 0.3 is 6.18 Å². The maximum atomic E-state index is 12.7. The van der Waals surface area contributed by atoms with Gasteiger partial charge in [-0.2, -0.15) is 13.2 Å². The topological polar surface area (TPSA) is 66.6 Å². The van der Waals surface area contributed by atoms with Crippen molar-refractivity contribution in [3.05, 3.63) is 0 Å². The second-order valence-corrected chi connectivity index (χ2v) is 4.86. The predicted octanol–water partition coefficient (Wildman–Crippen LogP) is 1.03. The fourth-order valence-corrected chi connectivity index (χ4v) is 2.19. The third-order valence-electron chi connectivity index (χ3n) is 3.40. The standard InChI is InChI=1S/C11H19F3N2O2/c1-10(15,11(12,13)14)9(18)16(6-7-17)8-4-2-3-5-8/h8,17H,2-7,15H2,1H3. The molecule has 1 aliphatic carbocycles. The van der Waals surface area contributed by atoms with Crippen molar-refractivity contribution in [2.24, 2.45) is 5.73 Å². The van der Waals surface area contributed by atoms with Gasteiger partial charge in [0.2, 0.25) is 0 Å². The summed E-state index contributed by atoms with van der Waals surface area (Å²) in [5.41, 5.74) is 2.24. The molecule has 1 rings (SSSR count). The molecular weight excluding hydrogens is 249 g/mol. The maximum Gasteiger partial charge on any atom is 0.415 e. The van der Waals surface area contributed by atoms with Gasteiger partial charge in [0.25, 0.3) is 5.91 Å². The number of carbonyl (C=O) groups excluding carboxylic acids is 1. The Labute approximate surface area is 104 Å². The molecule has 0 saturated heterocycles. The van der Waals surface area contributed by atoms with Gasteiger partial charge in [-0.25, -0.2) is 0 Å². The van der Waals surface area contributed by atoms with E-state index in [0.29, 0.717) is 19.8 Å². The van der Waals surface area contributed by atoms with Gasteiger partial charge in [0.1, 0.15) is 0 Å². The van der Waals surface area contributed by atoms with Crippen LogP contribution in [0.4, 0.5) is 13.2 Å².